The molecule has 0 spiro atoms. The predicted molar refractivity (Wildman–Crippen MR) is 71.3 cm³/mol. The molecule has 1 aliphatic heterocycles. The van der Waals surface area contributed by atoms with E-state index in [1.807, 2.05) is 13.0 Å². The first-order valence-corrected chi connectivity index (χ1v) is 7.38. The summed E-state index contributed by atoms with van der Waals surface area (Å²) in [5.74, 6) is -0.802. The van der Waals surface area contributed by atoms with E-state index in [2.05, 4.69) is 12.2 Å². The quantitative estimate of drug-likeness (QED) is 0.871. The molecule has 0 saturated carbocycles. The number of hydrogen-bond donors (Lipinski definition) is 1. The molecule has 2 heterocycles. The molecule has 1 aromatic rings. The van der Waals surface area contributed by atoms with Crippen molar-refractivity contribution >= 4 is 11.8 Å². The van der Waals surface area contributed by atoms with Gasteiger partial charge in [-0.05, 0) is 32.4 Å². The summed E-state index contributed by atoms with van der Waals surface area (Å²) in [4.78, 5) is 0. The smallest absolute Gasteiger partial charge is 0.284 e. The van der Waals surface area contributed by atoms with E-state index in [9.17, 15) is 8.78 Å². The minimum atomic E-state index is -2.36. The van der Waals surface area contributed by atoms with Crippen LogP contribution in [-0.4, -0.2) is 24.0 Å². The Morgan fingerprint density at radius 1 is 1.47 bits per heavy atom. The molecule has 3 nitrogen and oxygen atoms in total. The van der Waals surface area contributed by atoms with Crippen LogP contribution in [0.5, 0.6) is 0 Å². The number of rotatable bonds is 6. The fourth-order valence-electron chi connectivity index (χ4n) is 2.10. The van der Waals surface area contributed by atoms with Gasteiger partial charge in [0.25, 0.3) is 5.76 Å². The van der Waals surface area contributed by atoms with Crippen LogP contribution >= 0.6 is 11.8 Å². The zero-order valence-corrected chi connectivity index (χ0v) is 11.9. The van der Waals surface area contributed by atoms with Crippen LogP contribution in [0.25, 0.3) is 0 Å². The maximum Gasteiger partial charge on any atom is 0.284 e. The van der Waals surface area contributed by atoms with Crippen LogP contribution in [0.4, 0.5) is 8.78 Å². The van der Waals surface area contributed by atoms with Crippen molar-refractivity contribution in [2.24, 2.45) is 0 Å². The Morgan fingerprint density at radius 3 is 2.84 bits per heavy atom. The van der Waals surface area contributed by atoms with E-state index in [0.717, 1.165) is 18.8 Å². The first-order chi connectivity index (χ1) is 8.99. The highest BCUT2D eigenvalue weighted by molar-refractivity contribution is 7.98. The summed E-state index contributed by atoms with van der Waals surface area (Å²) in [5.41, 5.74) is -0.0509. The zero-order valence-electron chi connectivity index (χ0n) is 11.1. The molecule has 1 N–H and O–H groups in total. The second-order valence-corrected chi connectivity index (χ2v) is 5.95. The van der Waals surface area contributed by atoms with Crippen LogP contribution in [-0.2, 0) is 17.0 Å². The van der Waals surface area contributed by atoms with Crippen molar-refractivity contribution in [1.29, 1.82) is 0 Å². The van der Waals surface area contributed by atoms with Gasteiger partial charge < -0.3 is 14.5 Å². The summed E-state index contributed by atoms with van der Waals surface area (Å²) in [5, 5.41) is 3.43. The van der Waals surface area contributed by atoms with Gasteiger partial charge in [-0.25, -0.2) is 0 Å². The number of alkyl halides is 2. The van der Waals surface area contributed by atoms with Crippen LogP contribution in [0.2, 0.25) is 0 Å². The van der Waals surface area contributed by atoms with Crippen molar-refractivity contribution in [3.05, 3.63) is 23.7 Å². The van der Waals surface area contributed by atoms with Crippen LogP contribution < -0.4 is 5.32 Å². The Kier molecular flexibility index (Phi) is 4.86. The maximum atomic E-state index is 12.1. The van der Waals surface area contributed by atoms with Gasteiger partial charge in [0.05, 0.1) is 18.4 Å². The standard InChI is InChI=1S/C13H19F2NO2S/c1-9-13(2,5-6-17-9)16-7-10-3-4-11(18-10)8-19-12(14)15/h3-4,9,12,16H,5-8H2,1-2H3. The lowest BCUT2D eigenvalue weighted by molar-refractivity contribution is 0.0874. The Balaban J connectivity index is 1.83. The first kappa shape index (κ1) is 14.8. The molecule has 2 unspecified atom stereocenters. The van der Waals surface area contributed by atoms with Crippen molar-refractivity contribution in [2.45, 2.75) is 50.0 Å². The number of furan rings is 1. The van der Waals surface area contributed by atoms with Gasteiger partial charge in [-0.1, -0.05) is 11.8 Å². The predicted octanol–water partition coefficient (Wildman–Crippen LogP) is 3.39. The lowest BCUT2D eigenvalue weighted by atomic mass is 9.95. The Morgan fingerprint density at radius 2 is 2.21 bits per heavy atom. The Hall–Kier alpha value is -0.590. The summed E-state index contributed by atoms with van der Waals surface area (Å²) in [6, 6.07) is 3.58. The Labute approximate surface area is 116 Å². The fourth-order valence-corrected chi connectivity index (χ4v) is 2.54. The summed E-state index contributed by atoms with van der Waals surface area (Å²) < 4.78 is 35.2. The molecule has 1 saturated heterocycles. The molecule has 0 aromatic carbocycles. The lowest BCUT2D eigenvalue weighted by Gasteiger charge is -2.28. The number of ether oxygens (including phenoxy) is 1. The van der Waals surface area contributed by atoms with Gasteiger partial charge in [-0.15, -0.1) is 0 Å². The van der Waals surface area contributed by atoms with Gasteiger partial charge in [0.2, 0.25) is 0 Å². The highest BCUT2D eigenvalue weighted by atomic mass is 32.2. The van der Waals surface area contributed by atoms with Crippen molar-refractivity contribution < 1.29 is 17.9 Å². The molecular weight excluding hydrogens is 272 g/mol. The van der Waals surface area contributed by atoms with Crippen molar-refractivity contribution in [1.82, 2.24) is 5.32 Å². The van der Waals surface area contributed by atoms with Crippen LogP contribution in [0.15, 0.2) is 16.5 Å². The van der Waals surface area contributed by atoms with Gasteiger partial charge in [-0.3, -0.25) is 0 Å². The van der Waals surface area contributed by atoms with Crippen LogP contribution in [0.3, 0.4) is 0 Å². The number of nitrogens with one attached hydrogen (secondary N) is 1. The molecule has 0 radical (unpaired) electrons. The summed E-state index contributed by atoms with van der Waals surface area (Å²) in [7, 11) is 0. The molecule has 0 amide bonds. The van der Waals surface area contributed by atoms with Crippen molar-refractivity contribution in [3.63, 3.8) is 0 Å². The SMILES string of the molecule is CC1OCCC1(C)NCc1ccc(CSC(F)F)o1. The summed E-state index contributed by atoms with van der Waals surface area (Å²) in [6.45, 7) is 5.52. The van der Waals surface area contributed by atoms with Gasteiger partial charge in [0.1, 0.15) is 11.5 Å². The van der Waals surface area contributed by atoms with Gasteiger partial charge >= 0.3 is 0 Å². The fraction of sp³-hybridized carbons (Fsp3) is 0.692. The second kappa shape index (κ2) is 6.24. The minimum Gasteiger partial charge on any atom is -0.464 e. The number of hydrogen-bond acceptors (Lipinski definition) is 4. The van der Waals surface area contributed by atoms with E-state index in [0.29, 0.717) is 24.1 Å². The van der Waals surface area contributed by atoms with Gasteiger partial charge in [-0.2, -0.15) is 8.78 Å². The highest BCUT2D eigenvalue weighted by Crippen LogP contribution is 2.26. The lowest BCUT2D eigenvalue weighted by Crippen LogP contribution is -2.47. The third-order valence-electron chi connectivity index (χ3n) is 3.62. The molecule has 0 aliphatic carbocycles. The van der Waals surface area contributed by atoms with E-state index in [-0.39, 0.29) is 17.4 Å². The largest absolute Gasteiger partial charge is 0.464 e. The van der Waals surface area contributed by atoms with E-state index >= 15 is 0 Å². The average molecular weight is 291 g/mol. The molecular formula is C13H19F2NO2S. The third-order valence-corrected chi connectivity index (χ3v) is 4.33. The average Bonchev–Trinajstić information content (AvgIpc) is 2.93. The molecule has 6 heteroatoms. The second-order valence-electron chi connectivity index (χ2n) is 4.97. The van der Waals surface area contributed by atoms with E-state index in [1.165, 1.54) is 0 Å². The van der Waals surface area contributed by atoms with Crippen LogP contribution in [0.1, 0.15) is 31.8 Å². The van der Waals surface area contributed by atoms with Crippen molar-refractivity contribution in [2.75, 3.05) is 6.61 Å². The minimum absolute atomic E-state index is 0.0509. The zero-order chi connectivity index (χ0) is 13.9. The molecule has 2 rings (SSSR count). The first-order valence-electron chi connectivity index (χ1n) is 6.33. The van der Waals surface area contributed by atoms with Gasteiger partial charge in [0, 0.05) is 12.1 Å². The van der Waals surface area contributed by atoms with Gasteiger partial charge in [0.15, 0.2) is 0 Å². The molecule has 1 aliphatic rings. The van der Waals surface area contributed by atoms with Crippen molar-refractivity contribution in [3.8, 4) is 0 Å². The van der Waals surface area contributed by atoms with E-state index in [4.69, 9.17) is 9.15 Å². The summed E-state index contributed by atoms with van der Waals surface area (Å²) >= 11 is 0.573. The molecule has 0 bridgehead atoms. The number of thioether (sulfide) groups is 1. The highest BCUT2D eigenvalue weighted by Gasteiger charge is 2.36. The topological polar surface area (TPSA) is 34.4 Å². The molecule has 1 aromatic heterocycles. The van der Waals surface area contributed by atoms with E-state index in [1.54, 1.807) is 6.07 Å². The summed E-state index contributed by atoms with van der Waals surface area (Å²) in [6.07, 6.45) is 1.12. The molecule has 1 fully saturated rings. The molecule has 19 heavy (non-hydrogen) atoms. The molecule has 108 valence electrons. The number of halogens is 2. The third kappa shape index (κ3) is 3.94. The van der Waals surface area contributed by atoms with Crippen LogP contribution in [0, 0.1) is 0 Å². The van der Waals surface area contributed by atoms with E-state index < -0.39 is 5.76 Å². The normalized spacial score (nSPS) is 27.3. The Bertz CT molecular complexity index is 413. The maximum absolute atomic E-state index is 12.1. The molecule has 2 atom stereocenters. The monoisotopic (exact) mass is 291 g/mol.